The Labute approximate surface area is 98.2 Å². The lowest BCUT2D eigenvalue weighted by atomic mass is 10.1. The van der Waals surface area contributed by atoms with E-state index in [0.29, 0.717) is 12.1 Å². The molecule has 0 saturated heterocycles. The molecule has 15 heavy (non-hydrogen) atoms. The fourth-order valence-corrected chi connectivity index (χ4v) is 2.53. The molecule has 0 radical (unpaired) electrons. The molecule has 2 rings (SSSR count). The quantitative estimate of drug-likeness (QED) is 0.744. The minimum Gasteiger partial charge on any atom is -0.398 e. The molecular formula is C9H8F3IN2. The molecule has 0 atom stereocenters. The van der Waals surface area contributed by atoms with Gasteiger partial charge in [-0.25, -0.2) is 4.98 Å². The Bertz CT molecular complexity index is 415. The smallest absolute Gasteiger partial charge is 0.398 e. The van der Waals surface area contributed by atoms with E-state index in [2.05, 4.69) is 4.98 Å². The number of aromatic nitrogens is 1. The average molecular weight is 328 g/mol. The monoisotopic (exact) mass is 328 g/mol. The second-order valence-corrected chi connectivity index (χ2v) is 4.54. The molecular weight excluding hydrogens is 320 g/mol. The van der Waals surface area contributed by atoms with E-state index in [1.165, 1.54) is 0 Å². The molecule has 0 amide bonds. The van der Waals surface area contributed by atoms with Crippen molar-refractivity contribution in [3.05, 3.63) is 20.5 Å². The number of halogens is 4. The van der Waals surface area contributed by atoms with Gasteiger partial charge < -0.3 is 5.73 Å². The van der Waals surface area contributed by atoms with E-state index < -0.39 is 11.9 Å². The number of nitrogen functional groups attached to an aromatic ring is 1. The lowest BCUT2D eigenvalue weighted by Gasteiger charge is -2.13. The number of hydrogen-bond donors (Lipinski definition) is 1. The summed E-state index contributed by atoms with van der Waals surface area (Å²) in [7, 11) is 0. The van der Waals surface area contributed by atoms with Gasteiger partial charge in [-0.15, -0.1) is 0 Å². The first-order valence-corrected chi connectivity index (χ1v) is 5.53. The Morgan fingerprint density at radius 1 is 1.27 bits per heavy atom. The molecule has 0 spiro atoms. The van der Waals surface area contributed by atoms with Crippen LogP contribution in [0.5, 0.6) is 0 Å². The third kappa shape index (κ3) is 1.79. The SMILES string of the molecule is Nc1c(I)c(C(F)(F)F)nc2c1CCC2. The normalized spacial score (nSPS) is 15.5. The van der Waals surface area contributed by atoms with Crippen LogP contribution < -0.4 is 5.73 Å². The van der Waals surface area contributed by atoms with E-state index >= 15 is 0 Å². The summed E-state index contributed by atoms with van der Waals surface area (Å²) in [6.07, 6.45) is -2.24. The molecule has 0 aromatic carbocycles. The second kappa shape index (κ2) is 3.50. The summed E-state index contributed by atoms with van der Waals surface area (Å²) >= 11 is 1.62. The molecule has 1 heterocycles. The third-order valence-electron chi connectivity index (χ3n) is 2.47. The van der Waals surface area contributed by atoms with Gasteiger partial charge in [-0.1, -0.05) is 0 Å². The Morgan fingerprint density at radius 3 is 2.53 bits per heavy atom. The molecule has 1 aliphatic rings. The fraction of sp³-hybridized carbons (Fsp3) is 0.444. The number of aryl methyl sites for hydroxylation is 1. The average Bonchev–Trinajstić information content (AvgIpc) is 2.57. The molecule has 82 valence electrons. The summed E-state index contributed by atoms with van der Waals surface area (Å²) < 4.78 is 37.8. The topological polar surface area (TPSA) is 38.9 Å². The van der Waals surface area contributed by atoms with Crippen molar-refractivity contribution in [2.24, 2.45) is 0 Å². The van der Waals surface area contributed by atoms with Crippen LogP contribution in [-0.4, -0.2) is 4.98 Å². The number of anilines is 1. The minimum atomic E-state index is -4.41. The zero-order valence-corrected chi connectivity index (χ0v) is 9.82. The van der Waals surface area contributed by atoms with Crippen LogP contribution in [0.4, 0.5) is 18.9 Å². The van der Waals surface area contributed by atoms with Crippen LogP contribution in [0.25, 0.3) is 0 Å². The molecule has 6 heteroatoms. The van der Waals surface area contributed by atoms with Gasteiger partial charge in [0.15, 0.2) is 5.69 Å². The highest BCUT2D eigenvalue weighted by molar-refractivity contribution is 14.1. The van der Waals surface area contributed by atoms with Crippen molar-refractivity contribution in [3.63, 3.8) is 0 Å². The van der Waals surface area contributed by atoms with Crippen LogP contribution in [0.1, 0.15) is 23.4 Å². The number of hydrogen-bond acceptors (Lipinski definition) is 2. The van der Waals surface area contributed by atoms with Crippen molar-refractivity contribution in [3.8, 4) is 0 Å². The maximum absolute atomic E-state index is 12.6. The fourth-order valence-electron chi connectivity index (χ4n) is 1.77. The van der Waals surface area contributed by atoms with Gasteiger partial charge in [0.05, 0.1) is 9.26 Å². The number of fused-ring (bicyclic) bond motifs is 1. The largest absolute Gasteiger partial charge is 0.434 e. The van der Waals surface area contributed by atoms with Crippen molar-refractivity contribution in [2.75, 3.05) is 5.73 Å². The van der Waals surface area contributed by atoms with Gasteiger partial charge in [-0.2, -0.15) is 13.2 Å². The van der Waals surface area contributed by atoms with E-state index in [9.17, 15) is 13.2 Å². The maximum atomic E-state index is 12.6. The molecule has 2 nitrogen and oxygen atoms in total. The zero-order valence-electron chi connectivity index (χ0n) is 7.66. The molecule has 2 N–H and O–H groups in total. The van der Waals surface area contributed by atoms with Crippen LogP contribution in [0, 0.1) is 3.57 Å². The van der Waals surface area contributed by atoms with Gasteiger partial charge in [0.1, 0.15) is 0 Å². The summed E-state index contributed by atoms with van der Waals surface area (Å²) in [5, 5.41) is 0. The Morgan fingerprint density at radius 2 is 1.93 bits per heavy atom. The zero-order chi connectivity index (χ0) is 11.2. The number of nitrogens with zero attached hydrogens (tertiary/aromatic N) is 1. The summed E-state index contributed by atoms with van der Waals surface area (Å²) in [6, 6.07) is 0. The van der Waals surface area contributed by atoms with E-state index in [1.807, 2.05) is 0 Å². The summed E-state index contributed by atoms with van der Waals surface area (Å²) in [5.74, 6) is 0. The van der Waals surface area contributed by atoms with Crippen molar-refractivity contribution in [1.29, 1.82) is 0 Å². The molecule has 0 unspecified atom stereocenters. The van der Waals surface area contributed by atoms with Crippen LogP contribution >= 0.6 is 22.6 Å². The van der Waals surface area contributed by atoms with E-state index in [0.717, 1.165) is 18.4 Å². The molecule has 0 aliphatic heterocycles. The van der Waals surface area contributed by atoms with Crippen LogP contribution in [0.15, 0.2) is 0 Å². The molecule has 1 aromatic rings. The van der Waals surface area contributed by atoms with Crippen molar-refractivity contribution >= 4 is 28.3 Å². The summed E-state index contributed by atoms with van der Waals surface area (Å²) in [6.45, 7) is 0. The van der Waals surface area contributed by atoms with Crippen molar-refractivity contribution in [1.82, 2.24) is 4.98 Å². The second-order valence-electron chi connectivity index (χ2n) is 3.46. The van der Waals surface area contributed by atoms with E-state index in [1.54, 1.807) is 22.6 Å². The Hall–Kier alpha value is -0.530. The third-order valence-corrected chi connectivity index (χ3v) is 3.57. The van der Waals surface area contributed by atoms with Gasteiger partial charge >= 0.3 is 6.18 Å². The highest BCUT2D eigenvalue weighted by Gasteiger charge is 2.37. The highest BCUT2D eigenvalue weighted by atomic mass is 127. The molecule has 0 saturated carbocycles. The van der Waals surface area contributed by atoms with Gasteiger partial charge in [0, 0.05) is 5.69 Å². The lowest BCUT2D eigenvalue weighted by Crippen LogP contribution is -2.14. The van der Waals surface area contributed by atoms with Crippen molar-refractivity contribution < 1.29 is 13.2 Å². The molecule has 0 fully saturated rings. The van der Waals surface area contributed by atoms with Gasteiger partial charge in [-0.3, -0.25) is 0 Å². The number of nitrogens with two attached hydrogens (primary N) is 1. The van der Waals surface area contributed by atoms with E-state index in [-0.39, 0.29) is 9.26 Å². The summed E-state index contributed by atoms with van der Waals surface area (Å²) in [4.78, 5) is 3.67. The lowest BCUT2D eigenvalue weighted by molar-refractivity contribution is -0.141. The minimum absolute atomic E-state index is 0.0285. The van der Waals surface area contributed by atoms with E-state index in [4.69, 9.17) is 5.73 Å². The predicted octanol–water partition coefficient (Wildman–Crippen LogP) is 2.78. The first-order valence-electron chi connectivity index (χ1n) is 4.45. The number of pyridine rings is 1. The molecule has 1 aromatic heterocycles. The van der Waals surface area contributed by atoms with Crippen molar-refractivity contribution in [2.45, 2.75) is 25.4 Å². The van der Waals surface area contributed by atoms with Crippen LogP contribution in [-0.2, 0) is 19.0 Å². The van der Waals surface area contributed by atoms with Crippen LogP contribution in [0.3, 0.4) is 0 Å². The summed E-state index contributed by atoms with van der Waals surface area (Å²) in [5.41, 5.74) is 6.41. The first kappa shape index (κ1) is 11.0. The number of rotatable bonds is 0. The first-order chi connectivity index (χ1) is 6.91. The standard InChI is InChI=1S/C9H8F3IN2/c10-9(11,12)8-6(13)7(14)4-2-1-3-5(4)15-8/h1-3H2,(H2,14,15). The van der Waals surface area contributed by atoms with Crippen LogP contribution in [0.2, 0.25) is 0 Å². The Kier molecular flexibility index (Phi) is 2.56. The highest BCUT2D eigenvalue weighted by Crippen LogP contribution is 2.38. The predicted molar refractivity (Wildman–Crippen MR) is 58.4 cm³/mol. The van der Waals surface area contributed by atoms with Gasteiger partial charge in [0.25, 0.3) is 0 Å². The maximum Gasteiger partial charge on any atom is 0.434 e. The molecule has 0 bridgehead atoms. The molecule has 1 aliphatic carbocycles. The number of alkyl halides is 3. The Balaban J connectivity index is 2.64. The van der Waals surface area contributed by atoms with Gasteiger partial charge in [-0.05, 0) is 47.4 Å². The van der Waals surface area contributed by atoms with Gasteiger partial charge in [0.2, 0.25) is 0 Å².